The molecule has 6 nitrogen and oxygen atoms in total. The molecule has 2 rings (SSSR count). The lowest BCUT2D eigenvalue weighted by molar-refractivity contribution is -0.328. The van der Waals surface area contributed by atoms with Crippen molar-refractivity contribution in [3.63, 3.8) is 0 Å². The van der Waals surface area contributed by atoms with Crippen molar-refractivity contribution in [2.45, 2.75) is 25.7 Å². The Morgan fingerprint density at radius 2 is 2.00 bits per heavy atom. The first-order valence-corrected chi connectivity index (χ1v) is 7.97. The molecular weight excluding hydrogens is 280 g/mol. The lowest BCUT2D eigenvalue weighted by Crippen LogP contribution is -2.26. The van der Waals surface area contributed by atoms with Gasteiger partial charge < -0.3 is 0 Å². The van der Waals surface area contributed by atoms with Crippen LogP contribution in [-0.4, -0.2) is 35.0 Å². The fraction of sp³-hybridized carbons (Fsp3) is 0.385. The van der Waals surface area contributed by atoms with Crippen LogP contribution in [0.2, 0.25) is 0 Å². The lowest BCUT2D eigenvalue weighted by atomic mass is 10.1. The Morgan fingerprint density at radius 3 is 2.65 bits per heavy atom. The van der Waals surface area contributed by atoms with Gasteiger partial charge in [-0.3, -0.25) is 10.3 Å². The van der Waals surface area contributed by atoms with Gasteiger partial charge in [-0.05, 0) is 18.9 Å². The van der Waals surface area contributed by atoms with Gasteiger partial charge in [0.15, 0.2) is 0 Å². The Bertz CT molecular complexity index is 665. The highest BCUT2D eigenvalue weighted by Gasteiger charge is 2.28. The minimum atomic E-state index is -3.92. The van der Waals surface area contributed by atoms with Gasteiger partial charge >= 0.3 is 6.03 Å². The van der Waals surface area contributed by atoms with Crippen LogP contribution >= 0.6 is 0 Å². The maximum absolute atomic E-state index is 11.6. The zero-order valence-electron chi connectivity index (χ0n) is 10.9. The highest BCUT2D eigenvalue weighted by Crippen LogP contribution is 2.27. The number of amides is 2. The van der Waals surface area contributed by atoms with Gasteiger partial charge in [0.2, 0.25) is 0 Å². The number of carbonyl (C=O) groups excluding carboxylic acids is 1. The highest BCUT2D eigenvalue weighted by atomic mass is 32.2. The van der Waals surface area contributed by atoms with E-state index in [2.05, 4.69) is 0 Å². The second-order valence-corrected chi connectivity index (χ2v) is 6.36. The van der Waals surface area contributed by atoms with Crippen LogP contribution in [0.4, 0.5) is 10.5 Å². The van der Waals surface area contributed by atoms with Crippen LogP contribution in [0.25, 0.3) is 0 Å². The molecule has 0 aromatic heterocycles. The van der Waals surface area contributed by atoms with Crippen LogP contribution in [0, 0.1) is 0 Å². The van der Waals surface area contributed by atoms with Crippen molar-refractivity contribution < 1.29 is 22.3 Å². The zero-order valence-corrected chi connectivity index (χ0v) is 11.8. The molecule has 0 spiro atoms. The van der Waals surface area contributed by atoms with Crippen molar-refractivity contribution in [2.24, 2.45) is 5.73 Å². The van der Waals surface area contributed by atoms with Gasteiger partial charge in [0.05, 0.1) is 11.5 Å². The van der Waals surface area contributed by atoms with E-state index in [0.717, 1.165) is 17.0 Å². The number of nitrogens with two attached hydrogens (primary N) is 1. The number of hydrogen-bond acceptors (Lipinski definition) is 3. The molecule has 2 amide bonds. The summed E-state index contributed by atoms with van der Waals surface area (Å²) in [6.45, 7) is 0. The molecule has 1 heterocycles. The Morgan fingerprint density at radius 1 is 1.30 bits per heavy atom. The fourth-order valence-corrected chi connectivity index (χ4v) is 3.00. The van der Waals surface area contributed by atoms with Gasteiger partial charge in [-0.1, -0.05) is 18.2 Å². The number of para-hydroxylation sites is 1. The van der Waals surface area contributed by atoms with Crippen molar-refractivity contribution in [1.82, 2.24) is 0 Å². The monoisotopic (exact) mass is 297 g/mol. The third kappa shape index (κ3) is 3.43. The van der Waals surface area contributed by atoms with Crippen LogP contribution in [0.5, 0.6) is 0 Å². The average molecular weight is 297 g/mol. The normalized spacial score (nSPS) is 14.4. The third-order valence-electron chi connectivity index (χ3n) is 3.28. The molecule has 1 aliphatic rings. The first-order valence-electron chi connectivity index (χ1n) is 6.36. The molecule has 0 saturated carbocycles. The van der Waals surface area contributed by atoms with Crippen molar-refractivity contribution >= 4 is 27.5 Å². The maximum Gasteiger partial charge on any atom is 0.494 e. The molecule has 0 saturated heterocycles. The van der Waals surface area contributed by atoms with E-state index in [0.29, 0.717) is 25.7 Å². The smallest absolute Gasteiger partial charge is 0.286 e. The zero-order chi connectivity index (χ0) is 14.8. The summed E-state index contributed by atoms with van der Waals surface area (Å²) in [5.41, 5.74) is 8.11. The number of primary amides is 1. The second-order valence-electron chi connectivity index (χ2n) is 4.79. The number of fused-ring (bicyclic) bond motifs is 1. The summed E-state index contributed by atoms with van der Waals surface area (Å²) in [5.74, 6) is -0.260. The summed E-state index contributed by atoms with van der Waals surface area (Å²) in [7, 11) is -3.92. The molecule has 0 aliphatic carbocycles. The molecule has 0 radical (unpaired) electrons. The number of hydrogen-bond donors (Lipinski definition) is 2. The minimum Gasteiger partial charge on any atom is -0.286 e. The maximum atomic E-state index is 11.6. The van der Waals surface area contributed by atoms with Gasteiger partial charge in [-0.15, -0.1) is 0 Å². The Hall–Kier alpha value is -1.73. The van der Waals surface area contributed by atoms with Crippen molar-refractivity contribution in [3.05, 3.63) is 29.8 Å². The van der Waals surface area contributed by atoms with Crippen LogP contribution in [0.1, 0.15) is 24.8 Å². The van der Waals surface area contributed by atoms with Gasteiger partial charge in [-0.2, -0.15) is 17.8 Å². The molecule has 0 atom stereocenters. The van der Waals surface area contributed by atoms with Gasteiger partial charge in [0, 0.05) is 18.4 Å². The standard InChI is InChI=1S/C13H16N2O4S/c14-13(16)15-11(6-3-4-8-20(17,18)19)9-10-5-1-2-7-12(10)15/h1-2,5,7H,3-4,6,8-9H2,(H2-,14,16,17,18,19)/p+1. The van der Waals surface area contributed by atoms with Crippen molar-refractivity contribution in [1.29, 1.82) is 0 Å². The molecule has 1 aromatic carbocycles. The van der Waals surface area contributed by atoms with E-state index in [4.69, 9.17) is 10.3 Å². The molecule has 0 unspecified atom stereocenters. The number of rotatable bonds is 5. The quantitative estimate of drug-likeness (QED) is 0.488. The Kier molecular flexibility index (Phi) is 4.20. The molecule has 1 aromatic rings. The van der Waals surface area contributed by atoms with Crippen LogP contribution in [0.15, 0.2) is 24.3 Å². The average Bonchev–Trinajstić information content (AvgIpc) is 2.71. The highest BCUT2D eigenvalue weighted by molar-refractivity contribution is 7.85. The predicted octanol–water partition coefficient (Wildman–Crippen LogP) is 1.46. The van der Waals surface area contributed by atoms with E-state index < -0.39 is 16.1 Å². The first-order chi connectivity index (χ1) is 9.38. The van der Waals surface area contributed by atoms with Gasteiger partial charge in [0.25, 0.3) is 10.1 Å². The first kappa shape index (κ1) is 14.7. The molecule has 1 aliphatic heterocycles. The van der Waals surface area contributed by atoms with E-state index in [1.54, 1.807) is 0 Å². The predicted molar refractivity (Wildman–Crippen MR) is 74.9 cm³/mol. The summed E-state index contributed by atoms with van der Waals surface area (Å²) in [5, 5.41) is 0. The number of nitrogens with zero attached hydrogens (tertiary/aromatic N) is 1. The third-order valence-corrected chi connectivity index (χ3v) is 4.09. The fourth-order valence-electron chi connectivity index (χ4n) is 2.44. The van der Waals surface area contributed by atoms with E-state index in [-0.39, 0.29) is 5.75 Å². The number of carbonyl (C=O) groups is 1. The van der Waals surface area contributed by atoms with Gasteiger partial charge in [0.1, 0.15) is 5.69 Å². The summed E-state index contributed by atoms with van der Waals surface area (Å²) in [6, 6.07) is 7.00. The van der Waals surface area contributed by atoms with E-state index in [1.165, 1.54) is 4.58 Å². The van der Waals surface area contributed by atoms with Gasteiger partial charge in [-0.25, -0.2) is 0 Å². The minimum absolute atomic E-state index is 0.260. The largest absolute Gasteiger partial charge is 0.494 e. The second kappa shape index (κ2) is 5.72. The SMILES string of the molecule is NC(=O)[N+]1=C(CCCCS(=O)(=O)O)Cc2ccccc21. The number of unbranched alkanes of at least 4 members (excludes halogenated alkanes) is 1. The molecule has 3 N–H and O–H groups in total. The molecular formula is C13H17N2O4S+. The van der Waals surface area contributed by atoms with Crippen molar-refractivity contribution in [3.8, 4) is 0 Å². The molecule has 0 fully saturated rings. The number of benzene rings is 1. The molecule has 0 bridgehead atoms. The summed E-state index contributed by atoms with van der Waals surface area (Å²) in [6.07, 6.45) is 2.15. The lowest BCUT2D eigenvalue weighted by Gasteiger charge is -2.02. The number of urea groups is 1. The molecule has 108 valence electrons. The Balaban J connectivity index is 2.07. The van der Waals surface area contributed by atoms with E-state index in [9.17, 15) is 13.2 Å². The summed E-state index contributed by atoms with van der Waals surface area (Å²) in [4.78, 5) is 11.6. The van der Waals surface area contributed by atoms with Crippen LogP contribution < -0.4 is 5.73 Å². The summed E-state index contributed by atoms with van der Waals surface area (Å²) >= 11 is 0. The van der Waals surface area contributed by atoms with Crippen LogP contribution in [0.3, 0.4) is 0 Å². The topological polar surface area (TPSA) is 100 Å². The summed E-state index contributed by atoms with van der Waals surface area (Å²) < 4.78 is 31.4. The van der Waals surface area contributed by atoms with Crippen LogP contribution in [-0.2, 0) is 16.5 Å². The Labute approximate surface area is 117 Å². The van der Waals surface area contributed by atoms with E-state index in [1.807, 2.05) is 24.3 Å². The molecule has 20 heavy (non-hydrogen) atoms. The van der Waals surface area contributed by atoms with Crippen molar-refractivity contribution in [2.75, 3.05) is 5.75 Å². The molecule has 7 heteroatoms. The van der Waals surface area contributed by atoms with E-state index >= 15 is 0 Å².